The first-order valence-electron chi connectivity index (χ1n) is 10.6. The van der Waals surface area contributed by atoms with Gasteiger partial charge in [0.1, 0.15) is 42.9 Å². The lowest BCUT2D eigenvalue weighted by molar-refractivity contribution is 0.0707. The summed E-state index contributed by atoms with van der Waals surface area (Å²) < 4.78 is 23.6. The quantitative estimate of drug-likeness (QED) is 0.633. The minimum absolute atomic E-state index is 0.115. The lowest BCUT2D eigenvalue weighted by Crippen LogP contribution is -2.34. The Balaban J connectivity index is 1.53. The van der Waals surface area contributed by atoms with E-state index in [1.165, 1.54) is 0 Å². The Morgan fingerprint density at radius 2 is 1.13 bits per heavy atom. The van der Waals surface area contributed by atoms with Crippen LogP contribution in [0.25, 0.3) is 0 Å². The minimum atomic E-state index is -0.576. The molecular formula is C25H30N2O4. The molecule has 2 aromatic carbocycles. The number of hydrogen-bond acceptors (Lipinski definition) is 6. The minimum Gasteiger partial charge on any atom is -0.478 e. The predicted molar refractivity (Wildman–Crippen MR) is 121 cm³/mol. The van der Waals surface area contributed by atoms with Crippen LogP contribution in [-0.2, 0) is 18.9 Å². The second-order valence-corrected chi connectivity index (χ2v) is 8.38. The first-order chi connectivity index (χ1) is 15.0. The zero-order chi connectivity index (χ0) is 21.8. The van der Waals surface area contributed by atoms with E-state index in [9.17, 15) is 0 Å². The summed E-state index contributed by atoms with van der Waals surface area (Å²) in [6, 6.07) is 20.0. The third-order valence-corrected chi connectivity index (χ3v) is 5.88. The molecule has 6 nitrogen and oxygen atoms in total. The van der Waals surface area contributed by atoms with Gasteiger partial charge in [-0.3, -0.25) is 0 Å². The summed E-state index contributed by atoms with van der Waals surface area (Å²) in [4.78, 5) is 9.75. The van der Waals surface area contributed by atoms with Crippen LogP contribution in [-0.4, -0.2) is 51.3 Å². The highest BCUT2D eigenvalue weighted by Crippen LogP contribution is 2.35. The molecular weight excluding hydrogens is 392 g/mol. The van der Waals surface area contributed by atoms with E-state index in [-0.39, 0.29) is 24.3 Å². The molecule has 6 heteroatoms. The van der Waals surface area contributed by atoms with Gasteiger partial charge in [0.15, 0.2) is 11.8 Å². The molecule has 2 aromatic rings. The van der Waals surface area contributed by atoms with Crippen molar-refractivity contribution in [3.05, 3.63) is 71.8 Å². The summed E-state index contributed by atoms with van der Waals surface area (Å²) in [6.07, 6.45) is -0.325. The van der Waals surface area contributed by atoms with Gasteiger partial charge >= 0.3 is 0 Å². The highest BCUT2D eigenvalue weighted by atomic mass is 16.5. The zero-order valence-electron chi connectivity index (χ0n) is 18.5. The number of aliphatic imine (C=N–C) groups is 2. The van der Waals surface area contributed by atoms with Gasteiger partial charge in [-0.15, -0.1) is 0 Å². The topological polar surface area (TPSA) is 61.6 Å². The fourth-order valence-corrected chi connectivity index (χ4v) is 4.18. The average Bonchev–Trinajstić information content (AvgIpc) is 3.48. The third-order valence-electron chi connectivity index (χ3n) is 5.88. The molecule has 0 spiro atoms. The Morgan fingerprint density at radius 1 is 0.742 bits per heavy atom. The van der Waals surface area contributed by atoms with E-state index in [1.807, 2.05) is 50.2 Å². The fourth-order valence-electron chi connectivity index (χ4n) is 4.18. The van der Waals surface area contributed by atoms with Crippen LogP contribution >= 0.6 is 0 Å². The van der Waals surface area contributed by atoms with Gasteiger partial charge in [0.25, 0.3) is 0 Å². The molecule has 2 aliphatic heterocycles. The van der Waals surface area contributed by atoms with E-state index in [0.717, 1.165) is 11.1 Å². The number of methoxy groups -OCH3 is 2. The van der Waals surface area contributed by atoms with Crippen LogP contribution in [0, 0.1) is 5.41 Å². The Bertz CT molecular complexity index is 852. The Hall–Kier alpha value is -2.70. The fraction of sp³-hybridized carbons (Fsp3) is 0.440. The number of hydrogen-bond donors (Lipinski definition) is 0. The van der Waals surface area contributed by atoms with E-state index < -0.39 is 5.41 Å². The standard InChI is InChI=1S/C25H30N2O4/c1-25(2,23-26-19(15-30-23)21(28-3)17-11-7-5-8-12-17)24-27-20(16-31-24)22(29-4)18-13-9-6-10-14-18/h5-14,19-22H,15-16H2,1-4H3/t19-,20-,21-,22-/m0/s1. The van der Waals surface area contributed by atoms with Crippen LogP contribution in [0.3, 0.4) is 0 Å². The normalized spacial score (nSPS) is 22.8. The molecule has 0 unspecified atom stereocenters. The van der Waals surface area contributed by atoms with Crippen molar-refractivity contribution >= 4 is 11.8 Å². The Morgan fingerprint density at radius 3 is 1.48 bits per heavy atom. The van der Waals surface area contributed by atoms with Crippen LogP contribution in [0.15, 0.2) is 70.6 Å². The lowest BCUT2D eigenvalue weighted by atomic mass is 9.92. The smallest absolute Gasteiger partial charge is 0.199 e. The van der Waals surface area contributed by atoms with E-state index >= 15 is 0 Å². The Kier molecular flexibility index (Phi) is 6.39. The van der Waals surface area contributed by atoms with Gasteiger partial charge in [-0.05, 0) is 25.0 Å². The summed E-state index contributed by atoms with van der Waals surface area (Å²) >= 11 is 0. The molecule has 0 saturated carbocycles. The van der Waals surface area contributed by atoms with Crippen molar-refractivity contribution in [2.24, 2.45) is 15.4 Å². The van der Waals surface area contributed by atoms with Gasteiger partial charge in [0.05, 0.1) is 0 Å². The second kappa shape index (κ2) is 9.20. The number of benzene rings is 2. The van der Waals surface area contributed by atoms with Gasteiger partial charge in [0.2, 0.25) is 0 Å². The van der Waals surface area contributed by atoms with Gasteiger partial charge in [-0.1, -0.05) is 60.7 Å². The maximum Gasteiger partial charge on any atom is 0.199 e. The summed E-state index contributed by atoms with van der Waals surface area (Å²) in [5.74, 6) is 1.26. The van der Waals surface area contributed by atoms with E-state index in [0.29, 0.717) is 25.0 Å². The molecule has 0 fully saturated rings. The van der Waals surface area contributed by atoms with Crippen molar-refractivity contribution in [3.8, 4) is 0 Å². The number of rotatable bonds is 8. The third kappa shape index (κ3) is 4.36. The molecule has 0 aromatic heterocycles. The summed E-state index contributed by atoms with van der Waals surface area (Å²) in [5.41, 5.74) is 1.59. The van der Waals surface area contributed by atoms with Crippen molar-refractivity contribution in [2.45, 2.75) is 38.1 Å². The average molecular weight is 423 g/mol. The molecule has 2 heterocycles. The first-order valence-corrected chi connectivity index (χ1v) is 10.6. The highest BCUT2D eigenvalue weighted by molar-refractivity contribution is 6.05. The van der Waals surface area contributed by atoms with Crippen LogP contribution in [0.4, 0.5) is 0 Å². The van der Waals surface area contributed by atoms with Crippen molar-refractivity contribution in [3.63, 3.8) is 0 Å². The second-order valence-electron chi connectivity index (χ2n) is 8.38. The van der Waals surface area contributed by atoms with Crippen LogP contribution in [0.2, 0.25) is 0 Å². The van der Waals surface area contributed by atoms with Crippen molar-refractivity contribution < 1.29 is 18.9 Å². The molecule has 0 bridgehead atoms. The van der Waals surface area contributed by atoms with Gasteiger partial charge in [0, 0.05) is 14.2 Å². The Labute approximate surface area is 183 Å². The van der Waals surface area contributed by atoms with E-state index in [4.69, 9.17) is 28.9 Å². The molecule has 4 atom stereocenters. The first kappa shape index (κ1) is 21.5. The van der Waals surface area contributed by atoms with Crippen LogP contribution in [0.1, 0.15) is 37.2 Å². The SMILES string of the molecule is CO[C@@H](c1ccccc1)[C@@H]1COC(C(C)(C)C2=N[C@H]([C@@H](OC)c3ccccc3)CO2)=N1. The van der Waals surface area contributed by atoms with Gasteiger partial charge in [-0.2, -0.15) is 0 Å². The van der Waals surface area contributed by atoms with Crippen molar-refractivity contribution in [1.82, 2.24) is 0 Å². The van der Waals surface area contributed by atoms with Crippen molar-refractivity contribution in [1.29, 1.82) is 0 Å². The molecule has 164 valence electrons. The lowest BCUT2D eigenvalue weighted by Gasteiger charge is -2.22. The summed E-state index contributed by atoms with van der Waals surface area (Å²) in [6.45, 7) is 5.00. The largest absolute Gasteiger partial charge is 0.478 e. The van der Waals surface area contributed by atoms with E-state index in [2.05, 4.69) is 24.3 Å². The molecule has 0 N–H and O–H groups in total. The maximum absolute atomic E-state index is 6.03. The molecule has 4 rings (SSSR count). The highest BCUT2D eigenvalue weighted by Gasteiger charge is 2.44. The molecule has 0 saturated heterocycles. The summed E-state index contributed by atoms with van der Waals surface area (Å²) in [7, 11) is 3.42. The number of ether oxygens (including phenoxy) is 4. The monoisotopic (exact) mass is 422 g/mol. The van der Waals surface area contributed by atoms with Gasteiger partial charge in [-0.25, -0.2) is 9.98 Å². The number of nitrogens with zero attached hydrogens (tertiary/aromatic N) is 2. The summed E-state index contributed by atoms with van der Waals surface area (Å²) in [5, 5.41) is 0. The van der Waals surface area contributed by atoms with Gasteiger partial charge < -0.3 is 18.9 Å². The molecule has 0 radical (unpaired) electrons. The molecule has 2 aliphatic rings. The van der Waals surface area contributed by atoms with E-state index in [1.54, 1.807) is 14.2 Å². The predicted octanol–water partition coefficient (Wildman–Crippen LogP) is 4.38. The van der Waals surface area contributed by atoms with Crippen LogP contribution in [0.5, 0.6) is 0 Å². The zero-order valence-corrected chi connectivity index (χ0v) is 18.5. The van der Waals surface area contributed by atoms with Crippen molar-refractivity contribution in [2.75, 3.05) is 27.4 Å². The maximum atomic E-state index is 6.03. The molecule has 0 aliphatic carbocycles. The molecule has 31 heavy (non-hydrogen) atoms. The van der Waals surface area contributed by atoms with Crippen LogP contribution < -0.4 is 0 Å². The molecule has 0 amide bonds.